The monoisotopic (exact) mass is 445 g/mol. The molecule has 0 spiro atoms. The number of amides is 2. The van der Waals surface area contributed by atoms with Crippen LogP contribution < -0.4 is 9.47 Å². The molecule has 33 heavy (non-hydrogen) atoms. The molecule has 6 rings (SSSR count). The molecular weight excluding hydrogens is 418 g/mol. The van der Waals surface area contributed by atoms with Gasteiger partial charge < -0.3 is 24.3 Å². The molecule has 3 heterocycles. The van der Waals surface area contributed by atoms with Gasteiger partial charge in [0.2, 0.25) is 5.91 Å². The van der Waals surface area contributed by atoms with Gasteiger partial charge in [-0.1, -0.05) is 30.3 Å². The number of fused-ring (bicyclic) bond motifs is 5. The first-order chi connectivity index (χ1) is 16.0. The van der Waals surface area contributed by atoms with E-state index in [4.69, 9.17) is 9.47 Å². The molecule has 3 aliphatic rings. The summed E-state index contributed by atoms with van der Waals surface area (Å²) in [7, 11) is 3.25. The first kappa shape index (κ1) is 20.1. The normalized spacial score (nSPS) is 24.6. The molecule has 0 bridgehead atoms. The van der Waals surface area contributed by atoms with Gasteiger partial charge in [-0.2, -0.15) is 0 Å². The Morgan fingerprint density at radius 2 is 1.82 bits per heavy atom. The van der Waals surface area contributed by atoms with Crippen LogP contribution in [0.3, 0.4) is 0 Å². The van der Waals surface area contributed by atoms with E-state index in [1.807, 2.05) is 43.3 Å². The minimum absolute atomic E-state index is 0.00784. The number of hydrogen-bond acceptors (Lipinski definition) is 4. The van der Waals surface area contributed by atoms with E-state index >= 15 is 0 Å². The molecule has 170 valence electrons. The largest absolute Gasteiger partial charge is 0.493 e. The van der Waals surface area contributed by atoms with E-state index in [-0.39, 0.29) is 30.3 Å². The number of nitrogens with one attached hydrogen (secondary N) is 1. The van der Waals surface area contributed by atoms with Crippen molar-refractivity contribution in [2.75, 3.05) is 27.3 Å². The quantitative estimate of drug-likeness (QED) is 0.668. The second-order valence-corrected chi connectivity index (χ2v) is 9.34. The Labute approximate surface area is 192 Å². The molecule has 7 nitrogen and oxygen atoms in total. The lowest BCUT2D eigenvalue weighted by Crippen LogP contribution is -2.67. The number of hydrogen-bond donors (Lipinski definition) is 1. The average molecular weight is 446 g/mol. The van der Waals surface area contributed by atoms with Crippen LogP contribution in [0, 0.1) is 0 Å². The Bertz CT molecular complexity index is 1290. The fraction of sp³-hybridized carbons (Fsp3) is 0.385. The summed E-state index contributed by atoms with van der Waals surface area (Å²) < 4.78 is 11.3. The first-order valence-electron chi connectivity index (χ1n) is 11.4. The van der Waals surface area contributed by atoms with Gasteiger partial charge in [-0.05, 0) is 37.5 Å². The van der Waals surface area contributed by atoms with Gasteiger partial charge in [0.25, 0.3) is 5.91 Å². The van der Waals surface area contributed by atoms with E-state index in [1.54, 1.807) is 24.0 Å². The van der Waals surface area contributed by atoms with Crippen molar-refractivity contribution in [1.29, 1.82) is 0 Å². The molecule has 2 unspecified atom stereocenters. The molecule has 0 radical (unpaired) electrons. The zero-order chi connectivity index (χ0) is 22.9. The molecule has 1 aromatic heterocycles. The lowest BCUT2D eigenvalue weighted by atomic mass is 9.76. The first-order valence-corrected chi connectivity index (χ1v) is 11.4. The van der Waals surface area contributed by atoms with Crippen molar-refractivity contribution in [3.8, 4) is 11.5 Å². The highest BCUT2D eigenvalue weighted by molar-refractivity contribution is 6.01. The second kappa shape index (κ2) is 7.01. The van der Waals surface area contributed by atoms with Gasteiger partial charge >= 0.3 is 0 Å². The molecule has 1 saturated heterocycles. The number of nitrogens with zero attached hydrogens (tertiary/aromatic N) is 2. The summed E-state index contributed by atoms with van der Waals surface area (Å²) in [6.07, 6.45) is 1.94. The van der Waals surface area contributed by atoms with E-state index in [2.05, 4.69) is 11.1 Å². The predicted octanol–water partition coefficient (Wildman–Crippen LogP) is 3.38. The van der Waals surface area contributed by atoms with E-state index < -0.39 is 5.54 Å². The van der Waals surface area contributed by atoms with Crippen LogP contribution in [0.1, 0.15) is 42.5 Å². The predicted molar refractivity (Wildman–Crippen MR) is 123 cm³/mol. The number of rotatable bonds is 4. The molecule has 1 N–H and O–H groups in total. The summed E-state index contributed by atoms with van der Waals surface area (Å²) in [6, 6.07) is 14.1. The van der Waals surface area contributed by atoms with E-state index in [1.165, 1.54) is 0 Å². The third kappa shape index (κ3) is 2.68. The van der Waals surface area contributed by atoms with Crippen LogP contribution in [0.5, 0.6) is 11.5 Å². The minimum Gasteiger partial charge on any atom is -0.493 e. The SMILES string of the molecule is COc1cccc(C2CN3C(=O)CN(C4CC4)C(=O)C3(C)c3[nH]c4ccccc4c32)c1OC. The van der Waals surface area contributed by atoms with Gasteiger partial charge in [0.1, 0.15) is 6.54 Å². The Balaban J connectivity index is 1.62. The number of piperazine rings is 1. The van der Waals surface area contributed by atoms with Crippen LogP contribution >= 0.6 is 0 Å². The molecule has 2 aliphatic heterocycles. The van der Waals surface area contributed by atoms with Crippen molar-refractivity contribution in [2.24, 2.45) is 0 Å². The zero-order valence-electron chi connectivity index (χ0n) is 19.1. The topological polar surface area (TPSA) is 74.9 Å². The van der Waals surface area contributed by atoms with Gasteiger partial charge in [0.05, 0.1) is 19.9 Å². The highest BCUT2D eigenvalue weighted by Crippen LogP contribution is 2.51. The maximum Gasteiger partial charge on any atom is 0.255 e. The zero-order valence-corrected chi connectivity index (χ0v) is 19.1. The fourth-order valence-electron chi connectivity index (χ4n) is 5.78. The van der Waals surface area contributed by atoms with Crippen LogP contribution in [0.15, 0.2) is 42.5 Å². The molecule has 7 heteroatoms. The summed E-state index contributed by atoms with van der Waals surface area (Å²) in [5, 5.41) is 1.06. The summed E-state index contributed by atoms with van der Waals surface area (Å²) in [6.45, 7) is 2.45. The molecule has 2 amide bonds. The lowest BCUT2D eigenvalue weighted by Gasteiger charge is -2.51. The molecule has 1 aliphatic carbocycles. The summed E-state index contributed by atoms with van der Waals surface area (Å²) in [5.41, 5.74) is 2.69. The van der Waals surface area contributed by atoms with Crippen molar-refractivity contribution in [3.63, 3.8) is 0 Å². The summed E-state index contributed by atoms with van der Waals surface area (Å²) in [5.74, 6) is 1.12. The maximum absolute atomic E-state index is 13.9. The fourth-order valence-corrected chi connectivity index (χ4v) is 5.78. The van der Waals surface area contributed by atoms with Crippen LogP contribution in [-0.2, 0) is 15.1 Å². The molecule has 3 aromatic rings. The average Bonchev–Trinajstić information content (AvgIpc) is 3.60. The van der Waals surface area contributed by atoms with Gasteiger partial charge in [0, 0.05) is 35.0 Å². The molecule has 2 aromatic carbocycles. The number of aromatic nitrogens is 1. The molecule has 2 atom stereocenters. The second-order valence-electron chi connectivity index (χ2n) is 9.34. The van der Waals surface area contributed by atoms with Gasteiger partial charge in [-0.3, -0.25) is 9.59 Å². The highest BCUT2D eigenvalue weighted by Gasteiger charge is 2.58. The Hall–Kier alpha value is -3.48. The van der Waals surface area contributed by atoms with Crippen molar-refractivity contribution in [2.45, 2.75) is 37.3 Å². The number of methoxy groups -OCH3 is 2. The molecular formula is C26H27N3O4. The van der Waals surface area contributed by atoms with E-state index in [0.717, 1.165) is 40.6 Å². The van der Waals surface area contributed by atoms with Crippen LogP contribution in [0.2, 0.25) is 0 Å². The summed E-state index contributed by atoms with van der Waals surface area (Å²) in [4.78, 5) is 34.5. The van der Waals surface area contributed by atoms with Crippen molar-refractivity contribution >= 4 is 22.7 Å². The number of H-pyrrole nitrogens is 1. The Morgan fingerprint density at radius 1 is 1.03 bits per heavy atom. The number of carbonyl (C=O) groups excluding carboxylic acids is 2. The van der Waals surface area contributed by atoms with Gasteiger partial charge in [0.15, 0.2) is 17.0 Å². The molecule has 1 saturated carbocycles. The third-order valence-electron chi connectivity index (χ3n) is 7.57. The number of aromatic amines is 1. The number of ether oxygens (including phenoxy) is 2. The Kier molecular flexibility index (Phi) is 4.28. The standard InChI is InChI=1S/C26H27N3O4/c1-26-24-22(17-7-4-5-9-19(17)27-24)18(16-8-6-10-20(32-2)23(16)33-3)13-29(26)21(30)14-28(25(26)31)15-11-12-15/h4-10,15,18,27H,11-14H2,1-3H3. The van der Waals surface area contributed by atoms with E-state index in [0.29, 0.717) is 18.0 Å². The maximum atomic E-state index is 13.9. The van der Waals surface area contributed by atoms with E-state index in [9.17, 15) is 9.59 Å². The van der Waals surface area contributed by atoms with Crippen molar-refractivity contribution in [1.82, 2.24) is 14.8 Å². The van der Waals surface area contributed by atoms with Gasteiger partial charge in [-0.15, -0.1) is 0 Å². The smallest absolute Gasteiger partial charge is 0.255 e. The molecule has 2 fully saturated rings. The van der Waals surface area contributed by atoms with Gasteiger partial charge in [-0.25, -0.2) is 0 Å². The number of carbonyl (C=O) groups is 2. The van der Waals surface area contributed by atoms with Crippen LogP contribution in [0.4, 0.5) is 0 Å². The highest BCUT2D eigenvalue weighted by atomic mass is 16.5. The summed E-state index contributed by atoms with van der Waals surface area (Å²) >= 11 is 0. The number of benzene rings is 2. The Morgan fingerprint density at radius 3 is 2.55 bits per heavy atom. The van der Waals surface area contributed by atoms with Crippen molar-refractivity contribution in [3.05, 3.63) is 59.3 Å². The van der Waals surface area contributed by atoms with Crippen LogP contribution in [-0.4, -0.2) is 59.9 Å². The van der Waals surface area contributed by atoms with Crippen molar-refractivity contribution < 1.29 is 19.1 Å². The minimum atomic E-state index is -1.06. The third-order valence-corrected chi connectivity index (χ3v) is 7.57. The number of para-hydroxylation sites is 2. The lowest BCUT2D eigenvalue weighted by molar-refractivity contribution is -0.166. The van der Waals surface area contributed by atoms with Crippen LogP contribution in [0.25, 0.3) is 10.9 Å².